The van der Waals surface area contributed by atoms with E-state index in [4.69, 9.17) is 4.74 Å². The number of methoxy groups -OCH3 is 1. The van der Waals surface area contributed by atoms with Crippen LogP contribution in [0.1, 0.15) is 25.3 Å². The Morgan fingerprint density at radius 3 is 2.86 bits per heavy atom. The molecule has 2 fully saturated rings. The Kier molecular flexibility index (Phi) is 5.53. The van der Waals surface area contributed by atoms with Gasteiger partial charge in [0.1, 0.15) is 23.5 Å². The minimum Gasteiger partial charge on any atom is -0.494 e. The summed E-state index contributed by atoms with van der Waals surface area (Å²) in [7, 11) is 1.64. The predicted molar refractivity (Wildman–Crippen MR) is 108 cm³/mol. The lowest BCUT2D eigenvalue weighted by Gasteiger charge is -2.45. The highest BCUT2D eigenvalue weighted by molar-refractivity contribution is 5.97. The van der Waals surface area contributed by atoms with Crippen molar-refractivity contribution in [2.45, 2.75) is 38.4 Å². The maximum atomic E-state index is 12.6. The molecule has 8 nitrogen and oxygen atoms in total. The summed E-state index contributed by atoms with van der Waals surface area (Å²) < 4.78 is 7.22. The molecule has 0 spiro atoms. The quantitative estimate of drug-likeness (QED) is 0.792. The molecular formula is C21H27N5O3. The third-order valence-corrected chi connectivity index (χ3v) is 5.62. The zero-order valence-corrected chi connectivity index (χ0v) is 16.9. The standard InChI is InChI=1S/C21H27N5O3/c1-3-6-16-21(28)25-10-9-24(14-18(25)20(27)23-16)12-15-11-22-26(13-15)17-7-4-5-8-19(17)29-2/h4-5,7-8,11,13,16,18H,3,6,9-10,12,14H2,1-2H3,(H,23,27)/t16-,18+/m0/s1. The Morgan fingerprint density at radius 1 is 1.24 bits per heavy atom. The molecule has 4 rings (SSSR count). The molecule has 2 atom stereocenters. The van der Waals surface area contributed by atoms with Crippen molar-refractivity contribution in [3.05, 3.63) is 42.2 Å². The highest BCUT2D eigenvalue weighted by Gasteiger charge is 2.42. The number of nitrogens with one attached hydrogen (secondary N) is 1. The van der Waals surface area contributed by atoms with Crippen LogP contribution in [0.3, 0.4) is 0 Å². The van der Waals surface area contributed by atoms with Crippen molar-refractivity contribution in [3.8, 4) is 11.4 Å². The molecule has 1 aromatic carbocycles. The van der Waals surface area contributed by atoms with E-state index in [0.29, 0.717) is 26.1 Å². The molecule has 2 saturated heterocycles. The number of aromatic nitrogens is 2. The van der Waals surface area contributed by atoms with Crippen molar-refractivity contribution in [3.63, 3.8) is 0 Å². The van der Waals surface area contributed by atoms with Gasteiger partial charge in [0.25, 0.3) is 0 Å². The number of ether oxygens (including phenoxy) is 1. The fourth-order valence-corrected chi connectivity index (χ4v) is 4.14. The number of hydrogen-bond donors (Lipinski definition) is 1. The number of piperazine rings is 2. The van der Waals surface area contributed by atoms with E-state index in [1.807, 2.05) is 43.6 Å². The van der Waals surface area contributed by atoms with Crippen LogP contribution < -0.4 is 10.1 Å². The molecule has 0 radical (unpaired) electrons. The summed E-state index contributed by atoms with van der Waals surface area (Å²) >= 11 is 0. The topological polar surface area (TPSA) is 79.7 Å². The number of carbonyl (C=O) groups excluding carboxylic acids is 2. The second-order valence-electron chi connectivity index (χ2n) is 7.60. The summed E-state index contributed by atoms with van der Waals surface area (Å²) in [5.41, 5.74) is 1.93. The molecule has 2 aliphatic heterocycles. The number of rotatable bonds is 6. The van der Waals surface area contributed by atoms with Gasteiger partial charge in [0, 0.05) is 37.9 Å². The first-order valence-corrected chi connectivity index (χ1v) is 10.1. The van der Waals surface area contributed by atoms with E-state index in [2.05, 4.69) is 15.3 Å². The van der Waals surface area contributed by atoms with Gasteiger partial charge in [-0.1, -0.05) is 25.5 Å². The Labute approximate surface area is 170 Å². The van der Waals surface area contributed by atoms with Crippen molar-refractivity contribution >= 4 is 11.8 Å². The summed E-state index contributed by atoms with van der Waals surface area (Å²) in [6.07, 6.45) is 5.38. The Bertz CT molecular complexity index is 896. The van der Waals surface area contributed by atoms with Crippen molar-refractivity contribution < 1.29 is 14.3 Å². The maximum absolute atomic E-state index is 12.6. The second-order valence-corrected chi connectivity index (χ2v) is 7.60. The van der Waals surface area contributed by atoms with Gasteiger partial charge in [0.05, 0.1) is 13.3 Å². The predicted octanol–water partition coefficient (Wildman–Crippen LogP) is 1.19. The van der Waals surface area contributed by atoms with Gasteiger partial charge in [-0.3, -0.25) is 14.5 Å². The van der Waals surface area contributed by atoms with Crippen LogP contribution in [-0.2, 0) is 16.1 Å². The van der Waals surface area contributed by atoms with E-state index in [-0.39, 0.29) is 17.9 Å². The molecule has 3 heterocycles. The largest absolute Gasteiger partial charge is 0.494 e. The van der Waals surface area contributed by atoms with Crippen LogP contribution in [0.4, 0.5) is 0 Å². The van der Waals surface area contributed by atoms with E-state index in [0.717, 1.165) is 30.0 Å². The maximum Gasteiger partial charge on any atom is 0.245 e. The summed E-state index contributed by atoms with van der Waals surface area (Å²) in [6, 6.07) is 6.96. The average Bonchev–Trinajstić information content (AvgIpc) is 3.20. The van der Waals surface area contributed by atoms with E-state index in [1.54, 1.807) is 16.7 Å². The Morgan fingerprint density at radius 2 is 2.07 bits per heavy atom. The summed E-state index contributed by atoms with van der Waals surface area (Å²) in [4.78, 5) is 29.2. The summed E-state index contributed by atoms with van der Waals surface area (Å²) in [5, 5.41) is 7.37. The van der Waals surface area contributed by atoms with Gasteiger partial charge in [-0.05, 0) is 18.6 Å². The Hall–Kier alpha value is -2.87. The molecule has 2 amide bonds. The van der Waals surface area contributed by atoms with Crippen LogP contribution in [-0.4, -0.2) is 70.2 Å². The van der Waals surface area contributed by atoms with Crippen molar-refractivity contribution in [2.24, 2.45) is 0 Å². The van der Waals surface area contributed by atoms with Gasteiger partial charge in [0.15, 0.2) is 0 Å². The average molecular weight is 397 g/mol. The van der Waals surface area contributed by atoms with Gasteiger partial charge in [-0.2, -0.15) is 5.10 Å². The molecular weight excluding hydrogens is 370 g/mol. The molecule has 154 valence electrons. The highest BCUT2D eigenvalue weighted by Crippen LogP contribution is 2.23. The molecule has 2 aromatic rings. The molecule has 0 unspecified atom stereocenters. The van der Waals surface area contributed by atoms with Crippen molar-refractivity contribution in [2.75, 3.05) is 26.7 Å². The molecule has 0 bridgehead atoms. The number of fused-ring (bicyclic) bond motifs is 1. The first-order chi connectivity index (χ1) is 14.1. The molecule has 29 heavy (non-hydrogen) atoms. The number of hydrogen-bond acceptors (Lipinski definition) is 5. The van der Waals surface area contributed by atoms with E-state index in [9.17, 15) is 9.59 Å². The highest BCUT2D eigenvalue weighted by atomic mass is 16.5. The first-order valence-electron chi connectivity index (χ1n) is 10.1. The molecule has 0 saturated carbocycles. The second kappa shape index (κ2) is 8.24. The lowest BCUT2D eigenvalue weighted by molar-refractivity contribution is -0.153. The van der Waals surface area contributed by atoms with Crippen molar-refractivity contribution in [1.82, 2.24) is 24.9 Å². The fraction of sp³-hybridized carbons (Fsp3) is 0.476. The summed E-state index contributed by atoms with van der Waals surface area (Å²) in [6.45, 7) is 4.57. The smallest absolute Gasteiger partial charge is 0.245 e. The van der Waals surface area contributed by atoms with Crippen LogP contribution in [0.25, 0.3) is 5.69 Å². The van der Waals surface area contributed by atoms with Crippen LogP contribution in [0.2, 0.25) is 0 Å². The van der Waals surface area contributed by atoms with Gasteiger partial charge < -0.3 is 15.0 Å². The van der Waals surface area contributed by atoms with Crippen LogP contribution in [0.15, 0.2) is 36.7 Å². The number of carbonyl (C=O) groups is 2. The zero-order valence-electron chi connectivity index (χ0n) is 16.9. The Balaban J connectivity index is 1.43. The monoisotopic (exact) mass is 397 g/mol. The van der Waals surface area contributed by atoms with Crippen LogP contribution in [0.5, 0.6) is 5.75 Å². The van der Waals surface area contributed by atoms with E-state index in [1.165, 1.54) is 0 Å². The van der Waals surface area contributed by atoms with Gasteiger partial charge in [-0.15, -0.1) is 0 Å². The molecule has 1 aromatic heterocycles. The third-order valence-electron chi connectivity index (χ3n) is 5.62. The molecule has 8 heteroatoms. The number of amides is 2. The minimum absolute atomic E-state index is 0.0440. The number of para-hydroxylation sites is 2. The SMILES string of the molecule is CCC[C@@H]1NC(=O)[C@H]2CN(Cc3cnn(-c4ccccc4OC)c3)CCN2C1=O. The molecule has 0 aliphatic carbocycles. The normalized spacial score (nSPS) is 22.3. The van der Waals surface area contributed by atoms with Gasteiger partial charge in [0.2, 0.25) is 11.8 Å². The zero-order chi connectivity index (χ0) is 20.4. The van der Waals surface area contributed by atoms with Crippen molar-refractivity contribution in [1.29, 1.82) is 0 Å². The lowest BCUT2D eigenvalue weighted by Crippen LogP contribution is -2.69. The van der Waals surface area contributed by atoms with Crippen LogP contribution in [0, 0.1) is 0 Å². The fourth-order valence-electron chi connectivity index (χ4n) is 4.14. The van der Waals surface area contributed by atoms with Gasteiger partial charge in [-0.25, -0.2) is 4.68 Å². The van der Waals surface area contributed by atoms with E-state index < -0.39 is 6.04 Å². The minimum atomic E-state index is -0.409. The molecule has 1 N–H and O–H groups in total. The third kappa shape index (κ3) is 3.85. The lowest BCUT2D eigenvalue weighted by atomic mass is 10.0. The van der Waals surface area contributed by atoms with E-state index >= 15 is 0 Å². The molecule has 2 aliphatic rings. The number of nitrogens with zero attached hydrogens (tertiary/aromatic N) is 4. The number of benzene rings is 1. The summed E-state index contributed by atoms with van der Waals surface area (Å²) in [5.74, 6) is 0.771. The van der Waals surface area contributed by atoms with Crippen LogP contribution >= 0.6 is 0 Å². The van der Waals surface area contributed by atoms with Gasteiger partial charge >= 0.3 is 0 Å². The first kappa shape index (κ1) is 19.4.